The maximum Gasteiger partial charge on any atom is 0.292 e. The Bertz CT molecular complexity index is 1060. The monoisotopic (exact) mass is 373 g/mol. The molecule has 3 aromatic carbocycles. The predicted molar refractivity (Wildman–Crippen MR) is 106 cm³/mol. The van der Waals surface area contributed by atoms with E-state index in [1.54, 1.807) is 12.1 Å². The van der Waals surface area contributed by atoms with Gasteiger partial charge in [-0.2, -0.15) is 0 Å². The summed E-state index contributed by atoms with van der Waals surface area (Å²) in [5, 5.41) is 17.7. The Labute approximate surface area is 160 Å². The lowest BCUT2D eigenvalue weighted by atomic mass is 10.0. The van der Waals surface area contributed by atoms with Gasteiger partial charge in [0.2, 0.25) is 0 Å². The Kier molecular flexibility index (Phi) is 5.64. The van der Waals surface area contributed by atoms with Crippen molar-refractivity contribution in [1.29, 1.82) is 0 Å². The number of nitro benzene ring substituents is 1. The number of aldehydes is 1. The highest BCUT2D eigenvalue weighted by molar-refractivity contribution is 5.77. The Morgan fingerprint density at radius 1 is 1.04 bits per heavy atom. The van der Waals surface area contributed by atoms with E-state index in [-0.39, 0.29) is 11.4 Å². The number of nitrogens with one attached hydrogen (secondary N) is 1. The van der Waals surface area contributed by atoms with Gasteiger partial charge in [-0.05, 0) is 28.3 Å². The molecule has 0 bridgehead atoms. The third-order valence-corrected chi connectivity index (χ3v) is 4.16. The van der Waals surface area contributed by atoms with Gasteiger partial charge in [-0.15, -0.1) is 0 Å². The van der Waals surface area contributed by atoms with Crippen molar-refractivity contribution in [2.24, 2.45) is 5.11 Å². The zero-order chi connectivity index (χ0) is 19.9. The maximum atomic E-state index is 11.2. The van der Waals surface area contributed by atoms with Gasteiger partial charge in [0, 0.05) is 28.8 Å². The van der Waals surface area contributed by atoms with Crippen molar-refractivity contribution in [3.63, 3.8) is 0 Å². The van der Waals surface area contributed by atoms with Gasteiger partial charge in [0.15, 0.2) is 0 Å². The van der Waals surface area contributed by atoms with Crippen molar-refractivity contribution >= 4 is 23.3 Å². The van der Waals surface area contributed by atoms with Crippen LogP contribution < -0.4 is 5.32 Å². The molecule has 8 nitrogen and oxygen atoms in total. The second-order valence-corrected chi connectivity index (χ2v) is 5.94. The third-order valence-electron chi connectivity index (χ3n) is 4.16. The third kappa shape index (κ3) is 4.32. The maximum absolute atomic E-state index is 11.2. The molecule has 0 aliphatic heterocycles. The lowest BCUT2D eigenvalue weighted by Crippen LogP contribution is -2.02. The number of nitrogens with zero attached hydrogens (tertiary/aromatic N) is 4. The molecule has 0 heterocycles. The van der Waals surface area contributed by atoms with Crippen molar-refractivity contribution in [3.8, 4) is 11.1 Å². The minimum Gasteiger partial charge on any atom is -0.375 e. The standard InChI is InChI=1S/C20H15N5O3/c21-24-23-18-9-10-19(20(11-18)25(27)28)22-12-14-1-5-16(6-2-14)17-7-3-15(13-26)4-8-17/h1-11,13,22H,12H2. The summed E-state index contributed by atoms with van der Waals surface area (Å²) >= 11 is 0. The van der Waals surface area contributed by atoms with Crippen molar-refractivity contribution in [1.82, 2.24) is 0 Å². The van der Waals surface area contributed by atoms with Gasteiger partial charge in [-0.25, -0.2) is 0 Å². The summed E-state index contributed by atoms with van der Waals surface area (Å²) in [6, 6.07) is 19.3. The quantitative estimate of drug-likeness (QED) is 0.144. The molecule has 0 aliphatic carbocycles. The van der Waals surface area contributed by atoms with Crippen LogP contribution in [0.1, 0.15) is 15.9 Å². The van der Waals surface area contributed by atoms with E-state index in [1.165, 1.54) is 18.2 Å². The topological polar surface area (TPSA) is 121 Å². The normalized spacial score (nSPS) is 10.0. The number of azide groups is 1. The van der Waals surface area contributed by atoms with Crippen molar-refractivity contribution in [2.75, 3.05) is 5.32 Å². The molecule has 0 radical (unpaired) electrons. The molecule has 8 heteroatoms. The fourth-order valence-corrected chi connectivity index (χ4v) is 2.70. The largest absolute Gasteiger partial charge is 0.375 e. The van der Waals surface area contributed by atoms with Crippen LogP contribution in [0.5, 0.6) is 0 Å². The molecule has 3 aromatic rings. The van der Waals surface area contributed by atoms with Gasteiger partial charge in [0.05, 0.1) is 4.92 Å². The minimum absolute atomic E-state index is 0.156. The molecule has 0 fully saturated rings. The van der Waals surface area contributed by atoms with E-state index in [0.29, 0.717) is 17.8 Å². The van der Waals surface area contributed by atoms with Gasteiger partial charge < -0.3 is 5.32 Å². The summed E-state index contributed by atoms with van der Waals surface area (Å²) in [5.41, 5.74) is 12.4. The summed E-state index contributed by atoms with van der Waals surface area (Å²) in [4.78, 5) is 24.1. The Morgan fingerprint density at radius 3 is 2.25 bits per heavy atom. The number of anilines is 1. The van der Waals surface area contributed by atoms with Gasteiger partial charge in [-0.3, -0.25) is 14.9 Å². The zero-order valence-electron chi connectivity index (χ0n) is 14.6. The SMILES string of the molecule is [N-]=[N+]=Nc1ccc(NCc2ccc(-c3ccc(C=O)cc3)cc2)c([N+](=O)[O-])c1. The second kappa shape index (κ2) is 8.48. The fourth-order valence-electron chi connectivity index (χ4n) is 2.70. The first-order valence-electron chi connectivity index (χ1n) is 8.32. The summed E-state index contributed by atoms with van der Waals surface area (Å²) in [7, 11) is 0. The molecule has 0 saturated heterocycles. The van der Waals surface area contributed by atoms with Gasteiger partial charge in [0.1, 0.15) is 12.0 Å². The Morgan fingerprint density at radius 2 is 1.68 bits per heavy atom. The molecule has 0 spiro atoms. The number of carbonyl (C=O) groups is 1. The molecule has 28 heavy (non-hydrogen) atoms. The van der Waals surface area contributed by atoms with Crippen LogP contribution in [0.3, 0.4) is 0 Å². The molecule has 0 unspecified atom stereocenters. The van der Waals surface area contributed by atoms with Gasteiger partial charge >= 0.3 is 0 Å². The number of benzene rings is 3. The molecular weight excluding hydrogens is 358 g/mol. The summed E-state index contributed by atoms with van der Waals surface area (Å²) < 4.78 is 0. The molecule has 0 aliphatic rings. The first-order chi connectivity index (χ1) is 13.6. The van der Waals surface area contributed by atoms with Crippen LogP contribution in [0.15, 0.2) is 71.8 Å². The van der Waals surface area contributed by atoms with Gasteiger partial charge in [0.25, 0.3) is 5.69 Å². The highest BCUT2D eigenvalue weighted by Crippen LogP contribution is 2.30. The van der Waals surface area contributed by atoms with E-state index in [0.717, 1.165) is 23.0 Å². The van der Waals surface area contributed by atoms with Crippen molar-refractivity contribution in [3.05, 3.63) is 98.4 Å². The molecule has 0 saturated carbocycles. The lowest BCUT2D eigenvalue weighted by Gasteiger charge is -2.09. The number of hydrogen-bond donors (Lipinski definition) is 1. The fraction of sp³-hybridized carbons (Fsp3) is 0.0500. The molecular formula is C20H15N5O3. The zero-order valence-corrected chi connectivity index (χ0v) is 14.6. The minimum atomic E-state index is -0.523. The molecule has 138 valence electrons. The summed E-state index contributed by atoms with van der Waals surface area (Å²) in [5.74, 6) is 0. The second-order valence-electron chi connectivity index (χ2n) is 5.94. The van der Waals surface area contributed by atoms with E-state index >= 15 is 0 Å². The van der Waals surface area contributed by atoms with Crippen LogP contribution >= 0.6 is 0 Å². The van der Waals surface area contributed by atoms with Gasteiger partial charge in [-0.1, -0.05) is 59.7 Å². The molecule has 0 atom stereocenters. The van der Waals surface area contributed by atoms with Crippen LogP contribution in [-0.4, -0.2) is 11.2 Å². The first kappa shape index (κ1) is 18.6. The van der Waals surface area contributed by atoms with E-state index < -0.39 is 4.92 Å². The number of carbonyl (C=O) groups excluding carboxylic acids is 1. The molecule has 3 rings (SSSR count). The van der Waals surface area contributed by atoms with Crippen LogP contribution in [0.2, 0.25) is 0 Å². The van der Waals surface area contributed by atoms with E-state index in [9.17, 15) is 14.9 Å². The van der Waals surface area contributed by atoms with E-state index in [2.05, 4.69) is 15.3 Å². The van der Waals surface area contributed by atoms with Crippen LogP contribution in [-0.2, 0) is 6.54 Å². The summed E-state index contributed by atoms with van der Waals surface area (Å²) in [6.45, 7) is 0.395. The lowest BCUT2D eigenvalue weighted by molar-refractivity contribution is -0.383. The average molecular weight is 373 g/mol. The number of hydrogen-bond acceptors (Lipinski definition) is 5. The van der Waals surface area contributed by atoms with E-state index in [4.69, 9.17) is 5.53 Å². The highest BCUT2D eigenvalue weighted by Gasteiger charge is 2.14. The molecule has 0 aromatic heterocycles. The van der Waals surface area contributed by atoms with Crippen molar-refractivity contribution in [2.45, 2.75) is 6.54 Å². The Hall–Kier alpha value is -4.16. The van der Waals surface area contributed by atoms with E-state index in [1.807, 2.05) is 36.4 Å². The number of nitro groups is 1. The van der Waals surface area contributed by atoms with Crippen LogP contribution in [0.25, 0.3) is 21.6 Å². The average Bonchev–Trinajstić information content (AvgIpc) is 2.73. The first-order valence-corrected chi connectivity index (χ1v) is 8.32. The summed E-state index contributed by atoms with van der Waals surface area (Å²) in [6.07, 6.45) is 0.803. The smallest absolute Gasteiger partial charge is 0.292 e. The van der Waals surface area contributed by atoms with Crippen molar-refractivity contribution < 1.29 is 9.72 Å². The predicted octanol–water partition coefficient (Wildman–Crippen LogP) is 5.63. The highest BCUT2D eigenvalue weighted by atomic mass is 16.6. The Balaban J connectivity index is 1.73. The molecule has 0 amide bonds. The molecule has 1 N–H and O–H groups in total. The van der Waals surface area contributed by atoms with Crippen LogP contribution in [0, 0.1) is 10.1 Å². The number of rotatable bonds is 7. The van der Waals surface area contributed by atoms with Crippen LogP contribution in [0.4, 0.5) is 17.1 Å².